The van der Waals surface area contributed by atoms with Crippen molar-refractivity contribution >= 4 is 25.7 Å². The largest absolute Gasteiger partial charge is 0.388 e. The van der Waals surface area contributed by atoms with E-state index >= 15 is 0 Å². The predicted octanol–water partition coefficient (Wildman–Crippen LogP) is -0.603. The third kappa shape index (κ3) is 2.95. The topological polar surface area (TPSA) is 57.3 Å². The van der Waals surface area contributed by atoms with Gasteiger partial charge in [0.15, 0.2) is 5.84 Å². The third-order valence-corrected chi connectivity index (χ3v) is 1.68. The average Bonchev–Trinajstić information content (AvgIpc) is 2.17. The van der Waals surface area contributed by atoms with Gasteiger partial charge < -0.3 is 5.11 Å². The number of dihydropyridines is 1. The molecule has 0 spiro atoms. The lowest BCUT2D eigenvalue weighted by atomic mass is 9.94. The second kappa shape index (κ2) is 4.72. The van der Waals surface area contributed by atoms with Crippen LogP contribution in [0.2, 0.25) is 0 Å². The third-order valence-electron chi connectivity index (χ3n) is 1.68. The van der Waals surface area contributed by atoms with Crippen molar-refractivity contribution in [2.45, 2.75) is 6.42 Å². The second-order valence-corrected chi connectivity index (χ2v) is 2.74. The van der Waals surface area contributed by atoms with E-state index in [-0.39, 0.29) is 6.61 Å². The smallest absolute Gasteiger partial charge is 0.150 e. The highest BCUT2D eigenvalue weighted by molar-refractivity contribution is 6.34. The molecule has 0 aromatic heterocycles. The fourth-order valence-corrected chi connectivity index (χ4v) is 0.914. The van der Waals surface area contributed by atoms with Crippen LogP contribution in [0, 0.1) is 0 Å². The molecule has 0 radical (unpaired) electrons. The average molecular weight is 177 g/mol. The Morgan fingerprint density at radius 2 is 2.54 bits per heavy atom. The van der Waals surface area contributed by atoms with Gasteiger partial charge in [0.2, 0.25) is 0 Å². The standard InChI is InChI=1S/C8H12BN3O/c1-10-8(5-13)12-7-3-2-6(9)4-11-7/h2,4,13H,3,5,9H2,1H3/b10-8-,12-7+. The first-order valence-electron chi connectivity index (χ1n) is 4.11. The highest BCUT2D eigenvalue weighted by Crippen LogP contribution is 2.01. The molecule has 0 amide bonds. The van der Waals surface area contributed by atoms with Crippen LogP contribution in [0.5, 0.6) is 0 Å². The van der Waals surface area contributed by atoms with Crippen LogP contribution in [0.3, 0.4) is 0 Å². The Hall–Kier alpha value is -1.23. The summed E-state index contributed by atoms with van der Waals surface area (Å²) in [7, 11) is 3.59. The molecule has 0 aliphatic carbocycles. The summed E-state index contributed by atoms with van der Waals surface area (Å²) in [6, 6.07) is 0. The molecule has 0 aromatic carbocycles. The minimum absolute atomic E-state index is 0.141. The molecule has 0 aromatic rings. The number of amidine groups is 2. The van der Waals surface area contributed by atoms with Crippen LogP contribution in [0.1, 0.15) is 6.42 Å². The molecule has 0 atom stereocenters. The van der Waals surface area contributed by atoms with Crippen LogP contribution in [0.15, 0.2) is 26.5 Å². The minimum atomic E-state index is -0.141. The molecule has 1 rings (SSSR count). The van der Waals surface area contributed by atoms with E-state index in [1.54, 1.807) is 13.3 Å². The zero-order chi connectivity index (χ0) is 9.68. The van der Waals surface area contributed by atoms with Gasteiger partial charge in [-0.15, -0.1) is 0 Å². The maximum atomic E-state index is 8.80. The SMILES string of the molecule is BC1=CC/C(=N\C(CO)=N/C)N=C1. The van der Waals surface area contributed by atoms with Crippen molar-refractivity contribution in [1.29, 1.82) is 0 Å². The van der Waals surface area contributed by atoms with Crippen LogP contribution in [-0.2, 0) is 0 Å². The van der Waals surface area contributed by atoms with Gasteiger partial charge in [0, 0.05) is 19.7 Å². The van der Waals surface area contributed by atoms with Crippen molar-refractivity contribution < 1.29 is 5.11 Å². The summed E-state index contributed by atoms with van der Waals surface area (Å²) in [6.07, 6.45) is 4.50. The van der Waals surface area contributed by atoms with E-state index < -0.39 is 0 Å². The highest BCUT2D eigenvalue weighted by Gasteiger charge is 2.01. The van der Waals surface area contributed by atoms with E-state index in [0.717, 1.165) is 5.47 Å². The summed E-state index contributed by atoms with van der Waals surface area (Å²) in [4.78, 5) is 12.0. The normalized spacial score (nSPS) is 20.6. The Labute approximate surface area is 78.2 Å². The van der Waals surface area contributed by atoms with Gasteiger partial charge in [-0.05, 0) is 0 Å². The number of hydrogen-bond acceptors (Lipinski definition) is 2. The van der Waals surface area contributed by atoms with Crippen molar-refractivity contribution in [3.63, 3.8) is 0 Å². The molecule has 1 aliphatic rings. The summed E-state index contributed by atoms with van der Waals surface area (Å²) in [5.74, 6) is 1.11. The molecule has 5 heteroatoms. The molecule has 1 aliphatic heterocycles. The predicted molar refractivity (Wildman–Crippen MR) is 57.6 cm³/mol. The summed E-state index contributed by atoms with van der Waals surface area (Å²) >= 11 is 0. The molecule has 4 nitrogen and oxygen atoms in total. The van der Waals surface area contributed by atoms with Crippen LogP contribution in [0.25, 0.3) is 0 Å². The monoisotopic (exact) mass is 177 g/mol. The van der Waals surface area contributed by atoms with Gasteiger partial charge in [0.05, 0.1) is 0 Å². The molecule has 0 saturated heterocycles. The van der Waals surface area contributed by atoms with Gasteiger partial charge in [-0.25, -0.2) is 9.98 Å². The summed E-state index contributed by atoms with van der Waals surface area (Å²) in [6.45, 7) is -0.141. The Balaban J connectivity index is 2.71. The Morgan fingerprint density at radius 3 is 3.00 bits per heavy atom. The number of aliphatic imine (C=N–C) groups is 3. The lowest BCUT2D eigenvalue weighted by Crippen LogP contribution is -2.08. The van der Waals surface area contributed by atoms with Gasteiger partial charge in [0.1, 0.15) is 20.3 Å². The van der Waals surface area contributed by atoms with E-state index in [2.05, 4.69) is 15.0 Å². The number of aliphatic hydroxyl groups is 1. The maximum Gasteiger partial charge on any atom is 0.150 e. The zero-order valence-electron chi connectivity index (χ0n) is 7.86. The van der Waals surface area contributed by atoms with Gasteiger partial charge in [0.25, 0.3) is 0 Å². The zero-order valence-corrected chi connectivity index (χ0v) is 7.86. The van der Waals surface area contributed by atoms with Crippen LogP contribution < -0.4 is 0 Å². The van der Waals surface area contributed by atoms with Crippen LogP contribution >= 0.6 is 0 Å². The Bertz CT molecular complexity index is 305. The van der Waals surface area contributed by atoms with E-state index in [9.17, 15) is 0 Å². The van der Waals surface area contributed by atoms with E-state index in [4.69, 9.17) is 5.11 Å². The fourth-order valence-electron chi connectivity index (χ4n) is 0.914. The van der Waals surface area contributed by atoms with Crippen molar-refractivity contribution in [1.82, 2.24) is 0 Å². The molecule has 68 valence electrons. The molecule has 0 unspecified atom stereocenters. The van der Waals surface area contributed by atoms with Crippen LogP contribution in [-0.4, -0.2) is 44.5 Å². The Kier molecular flexibility index (Phi) is 3.58. The molecule has 13 heavy (non-hydrogen) atoms. The number of nitrogens with zero attached hydrogens (tertiary/aromatic N) is 3. The number of rotatable bonds is 1. The van der Waals surface area contributed by atoms with Gasteiger partial charge >= 0.3 is 0 Å². The van der Waals surface area contributed by atoms with Gasteiger partial charge in [-0.3, -0.25) is 4.99 Å². The van der Waals surface area contributed by atoms with Crippen molar-refractivity contribution in [3.05, 3.63) is 11.5 Å². The first-order valence-corrected chi connectivity index (χ1v) is 4.11. The number of hydrogen-bond donors (Lipinski definition) is 1. The molecule has 1 heterocycles. The summed E-state index contributed by atoms with van der Waals surface area (Å²) in [5, 5.41) is 8.80. The molecular weight excluding hydrogens is 165 g/mol. The van der Waals surface area contributed by atoms with Gasteiger partial charge in [-0.2, -0.15) is 0 Å². The van der Waals surface area contributed by atoms with Crippen LogP contribution in [0.4, 0.5) is 0 Å². The lowest BCUT2D eigenvalue weighted by Gasteiger charge is -2.03. The van der Waals surface area contributed by atoms with Gasteiger partial charge in [-0.1, -0.05) is 11.5 Å². The summed E-state index contributed by atoms with van der Waals surface area (Å²) < 4.78 is 0. The van der Waals surface area contributed by atoms with E-state index in [0.29, 0.717) is 18.1 Å². The lowest BCUT2D eigenvalue weighted by molar-refractivity contribution is 0.356. The number of aliphatic hydroxyl groups excluding tert-OH is 1. The van der Waals surface area contributed by atoms with Crippen molar-refractivity contribution in [3.8, 4) is 0 Å². The molecule has 1 N–H and O–H groups in total. The maximum absolute atomic E-state index is 8.80. The first-order chi connectivity index (χ1) is 6.26. The quantitative estimate of drug-likeness (QED) is 0.324. The fraction of sp³-hybridized carbons (Fsp3) is 0.375. The van der Waals surface area contributed by atoms with E-state index in [1.165, 1.54) is 0 Å². The second-order valence-electron chi connectivity index (χ2n) is 2.74. The minimum Gasteiger partial charge on any atom is -0.388 e. The Morgan fingerprint density at radius 1 is 1.77 bits per heavy atom. The van der Waals surface area contributed by atoms with E-state index in [1.807, 2.05) is 13.9 Å². The highest BCUT2D eigenvalue weighted by atomic mass is 16.3. The number of allylic oxidation sites excluding steroid dienone is 1. The molecule has 0 fully saturated rings. The molecule has 0 saturated carbocycles. The van der Waals surface area contributed by atoms with Crippen molar-refractivity contribution in [2.24, 2.45) is 15.0 Å². The molecule has 0 bridgehead atoms. The summed E-state index contributed by atoms with van der Waals surface area (Å²) in [5.41, 5.74) is 1.14. The van der Waals surface area contributed by atoms with Crippen molar-refractivity contribution in [2.75, 3.05) is 13.7 Å². The molecular formula is C8H12BN3O. The first kappa shape index (κ1) is 9.86.